The van der Waals surface area contributed by atoms with E-state index in [2.05, 4.69) is 15.3 Å². The third-order valence-corrected chi connectivity index (χ3v) is 2.48. The first-order chi connectivity index (χ1) is 8.72. The summed E-state index contributed by atoms with van der Waals surface area (Å²) in [5, 5.41) is 16.5. The Morgan fingerprint density at radius 3 is 2.94 bits per heavy atom. The lowest BCUT2D eigenvalue weighted by molar-refractivity contribution is 0.0689. The van der Waals surface area contributed by atoms with Crippen molar-refractivity contribution in [1.82, 2.24) is 20.0 Å². The van der Waals surface area contributed by atoms with Crippen molar-refractivity contribution in [2.45, 2.75) is 13.0 Å². The Morgan fingerprint density at radius 2 is 2.33 bits per heavy atom. The second-order valence-electron chi connectivity index (χ2n) is 3.75. The van der Waals surface area contributed by atoms with Gasteiger partial charge in [-0.3, -0.25) is 4.98 Å². The molecule has 0 aliphatic rings. The molecule has 0 aromatic carbocycles. The second kappa shape index (κ2) is 5.37. The zero-order chi connectivity index (χ0) is 13.0. The van der Waals surface area contributed by atoms with Crippen LogP contribution in [0.4, 0.5) is 0 Å². The number of hydrogen-bond acceptors (Lipinski definition) is 5. The van der Waals surface area contributed by atoms with E-state index >= 15 is 0 Å². The van der Waals surface area contributed by atoms with Crippen molar-refractivity contribution in [3.8, 4) is 0 Å². The molecule has 0 saturated heterocycles. The summed E-state index contributed by atoms with van der Waals surface area (Å²) in [6.45, 7) is 0.782. The molecule has 0 amide bonds. The largest absolute Gasteiger partial charge is 0.476 e. The number of carboxylic acids is 1. The van der Waals surface area contributed by atoms with Crippen molar-refractivity contribution >= 4 is 5.97 Å². The lowest BCUT2D eigenvalue weighted by Crippen LogP contribution is -2.14. The van der Waals surface area contributed by atoms with Crippen molar-refractivity contribution in [2.75, 3.05) is 6.54 Å². The van der Waals surface area contributed by atoms with Crippen LogP contribution < -0.4 is 5.73 Å². The predicted molar refractivity (Wildman–Crippen MR) is 63.1 cm³/mol. The van der Waals surface area contributed by atoms with Gasteiger partial charge in [0.15, 0.2) is 5.69 Å². The fourth-order valence-corrected chi connectivity index (χ4v) is 1.67. The monoisotopic (exact) mass is 247 g/mol. The number of pyridine rings is 1. The van der Waals surface area contributed by atoms with Crippen LogP contribution in [-0.2, 0) is 13.0 Å². The highest BCUT2D eigenvalue weighted by Gasteiger charge is 2.18. The van der Waals surface area contributed by atoms with E-state index in [1.165, 1.54) is 0 Å². The van der Waals surface area contributed by atoms with E-state index in [-0.39, 0.29) is 5.69 Å². The topological polar surface area (TPSA) is 107 Å². The van der Waals surface area contributed by atoms with E-state index in [0.717, 1.165) is 5.56 Å². The van der Waals surface area contributed by atoms with Crippen molar-refractivity contribution in [1.29, 1.82) is 0 Å². The van der Waals surface area contributed by atoms with Crippen LogP contribution in [0.15, 0.2) is 24.5 Å². The Labute approximate surface area is 103 Å². The molecule has 0 saturated carbocycles. The van der Waals surface area contributed by atoms with Crippen LogP contribution in [-0.4, -0.2) is 37.6 Å². The van der Waals surface area contributed by atoms with Crippen molar-refractivity contribution < 1.29 is 9.90 Å². The minimum atomic E-state index is -1.09. The van der Waals surface area contributed by atoms with Crippen molar-refractivity contribution in [2.24, 2.45) is 5.73 Å². The van der Waals surface area contributed by atoms with Gasteiger partial charge in [-0.05, 0) is 18.2 Å². The summed E-state index contributed by atoms with van der Waals surface area (Å²) in [6.07, 6.45) is 3.80. The molecule has 18 heavy (non-hydrogen) atoms. The minimum Gasteiger partial charge on any atom is -0.476 e. The van der Waals surface area contributed by atoms with E-state index in [0.29, 0.717) is 25.2 Å². The normalized spacial score (nSPS) is 10.5. The predicted octanol–water partition coefficient (Wildman–Crippen LogP) is -0.0792. The summed E-state index contributed by atoms with van der Waals surface area (Å²) in [4.78, 5) is 15.0. The quantitative estimate of drug-likeness (QED) is 0.765. The first-order valence-corrected chi connectivity index (χ1v) is 5.47. The number of aromatic carboxylic acids is 1. The third-order valence-electron chi connectivity index (χ3n) is 2.48. The van der Waals surface area contributed by atoms with Gasteiger partial charge in [0.25, 0.3) is 0 Å². The molecule has 0 bridgehead atoms. The molecule has 0 fully saturated rings. The highest BCUT2D eigenvalue weighted by atomic mass is 16.4. The highest BCUT2D eigenvalue weighted by molar-refractivity contribution is 5.86. The zero-order valence-corrected chi connectivity index (χ0v) is 9.65. The van der Waals surface area contributed by atoms with Gasteiger partial charge in [0.2, 0.25) is 0 Å². The maximum Gasteiger partial charge on any atom is 0.358 e. The Kier molecular flexibility index (Phi) is 3.63. The molecular formula is C11H13N5O2. The average molecular weight is 247 g/mol. The van der Waals surface area contributed by atoms with Crippen LogP contribution in [0.2, 0.25) is 0 Å². The summed E-state index contributed by atoms with van der Waals surface area (Å²) >= 11 is 0. The van der Waals surface area contributed by atoms with Crippen LogP contribution >= 0.6 is 0 Å². The molecule has 0 aliphatic carbocycles. The van der Waals surface area contributed by atoms with Gasteiger partial charge >= 0.3 is 5.97 Å². The Morgan fingerprint density at radius 1 is 1.50 bits per heavy atom. The third kappa shape index (κ3) is 2.51. The van der Waals surface area contributed by atoms with Gasteiger partial charge in [0.1, 0.15) is 0 Å². The summed E-state index contributed by atoms with van der Waals surface area (Å²) in [6, 6.07) is 3.70. The molecule has 0 unspecified atom stereocenters. The molecule has 3 N–H and O–H groups in total. The second-order valence-corrected chi connectivity index (χ2v) is 3.75. The van der Waals surface area contributed by atoms with Gasteiger partial charge in [-0.15, -0.1) is 5.10 Å². The van der Waals surface area contributed by atoms with E-state index in [1.807, 2.05) is 12.1 Å². The van der Waals surface area contributed by atoms with Gasteiger partial charge in [-0.2, -0.15) is 0 Å². The van der Waals surface area contributed by atoms with Crippen molar-refractivity contribution in [3.05, 3.63) is 41.5 Å². The number of carboxylic acid groups (broad SMARTS) is 1. The van der Waals surface area contributed by atoms with E-state index in [9.17, 15) is 4.79 Å². The number of hydrogen-bond donors (Lipinski definition) is 2. The van der Waals surface area contributed by atoms with Gasteiger partial charge < -0.3 is 10.8 Å². The summed E-state index contributed by atoms with van der Waals surface area (Å²) in [5.74, 6) is -1.09. The van der Waals surface area contributed by atoms with E-state index in [1.54, 1.807) is 17.1 Å². The smallest absolute Gasteiger partial charge is 0.358 e. The molecular weight excluding hydrogens is 234 g/mol. The lowest BCUT2D eigenvalue weighted by Gasteiger charge is -2.05. The van der Waals surface area contributed by atoms with Gasteiger partial charge in [0, 0.05) is 18.8 Å². The number of rotatable bonds is 5. The Bertz CT molecular complexity index is 538. The van der Waals surface area contributed by atoms with Crippen molar-refractivity contribution in [3.63, 3.8) is 0 Å². The number of aromatic nitrogens is 4. The number of carbonyl (C=O) groups is 1. The Hall–Kier alpha value is -2.28. The maximum absolute atomic E-state index is 11.0. The SMILES string of the molecule is NCCc1c(C(=O)O)nnn1Cc1cccnc1. The lowest BCUT2D eigenvalue weighted by atomic mass is 10.2. The minimum absolute atomic E-state index is 0.0376. The van der Waals surface area contributed by atoms with Crippen LogP contribution in [0.1, 0.15) is 21.7 Å². The molecule has 0 aliphatic heterocycles. The van der Waals surface area contributed by atoms with Crippen LogP contribution in [0.3, 0.4) is 0 Å². The van der Waals surface area contributed by atoms with Gasteiger partial charge in [-0.25, -0.2) is 9.48 Å². The molecule has 0 atom stereocenters. The van der Waals surface area contributed by atoms with Crippen LogP contribution in [0.25, 0.3) is 0 Å². The number of nitrogens with two attached hydrogens (primary N) is 1. The molecule has 0 radical (unpaired) electrons. The highest BCUT2D eigenvalue weighted by Crippen LogP contribution is 2.09. The summed E-state index contributed by atoms with van der Waals surface area (Å²) in [5.41, 5.74) is 6.90. The molecule has 94 valence electrons. The molecule has 7 heteroatoms. The average Bonchev–Trinajstić information content (AvgIpc) is 2.74. The number of nitrogens with zero attached hydrogens (tertiary/aromatic N) is 4. The van der Waals surface area contributed by atoms with Gasteiger partial charge in [0.05, 0.1) is 12.2 Å². The maximum atomic E-state index is 11.0. The first-order valence-electron chi connectivity index (χ1n) is 5.47. The molecule has 2 rings (SSSR count). The zero-order valence-electron chi connectivity index (χ0n) is 9.65. The summed E-state index contributed by atoms with van der Waals surface area (Å²) < 4.78 is 1.55. The fraction of sp³-hybridized carbons (Fsp3) is 0.273. The molecule has 2 aromatic heterocycles. The fourth-order valence-electron chi connectivity index (χ4n) is 1.67. The first kappa shape index (κ1) is 12.2. The Balaban J connectivity index is 2.30. The molecule has 0 spiro atoms. The van der Waals surface area contributed by atoms with E-state index in [4.69, 9.17) is 10.8 Å². The molecule has 7 nitrogen and oxygen atoms in total. The van der Waals surface area contributed by atoms with Gasteiger partial charge in [-0.1, -0.05) is 11.3 Å². The standard InChI is InChI=1S/C11H13N5O2/c12-4-3-9-10(11(17)18)14-15-16(9)7-8-2-1-5-13-6-8/h1-2,5-6H,3-4,7,12H2,(H,17,18). The molecule has 2 heterocycles. The van der Waals surface area contributed by atoms with Crippen LogP contribution in [0.5, 0.6) is 0 Å². The molecule has 2 aromatic rings. The van der Waals surface area contributed by atoms with E-state index < -0.39 is 5.97 Å². The summed E-state index contributed by atoms with van der Waals surface area (Å²) in [7, 11) is 0. The van der Waals surface area contributed by atoms with Crippen LogP contribution in [0, 0.1) is 0 Å².